The highest BCUT2D eigenvalue weighted by Crippen LogP contribution is 2.35. The number of phenolic OH excluding ortho intramolecular Hbond substituents is 1. The van der Waals surface area contributed by atoms with E-state index >= 15 is 0 Å². The van der Waals surface area contributed by atoms with E-state index in [0.717, 1.165) is 69.8 Å². The summed E-state index contributed by atoms with van der Waals surface area (Å²) in [5.74, 6) is 1.45. The largest absolute Gasteiger partial charge is 0.508 e. The number of morpholine rings is 2. The molecule has 210 valence electrons. The van der Waals surface area contributed by atoms with Crippen molar-refractivity contribution in [2.45, 2.75) is 76.7 Å². The van der Waals surface area contributed by atoms with Gasteiger partial charge < -0.3 is 19.3 Å². The third kappa shape index (κ3) is 6.15. The van der Waals surface area contributed by atoms with Crippen molar-refractivity contribution in [3.63, 3.8) is 0 Å². The van der Waals surface area contributed by atoms with Gasteiger partial charge in [0.2, 0.25) is 0 Å². The minimum Gasteiger partial charge on any atom is -0.508 e. The van der Waals surface area contributed by atoms with Crippen molar-refractivity contribution < 1.29 is 19.3 Å². The van der Waals surface area contributed by atoms with E-state index in [0.29, 0.717) is 23.9 Å². The molecule has 2 aliphatic carbocycles. The summed E-state index contributed by atoms with van der Waals surface area (Å²) in [7, 11) is 1.76. The smallest absolute Gasteiger partial charge is 0.122 e. The lowest BCUT2D eigenvalue weighted by Crippen LogP contribution is -2.55. The van der Waals surface area contributed by atoms with E-state index in [1.54, 1.807) is 13.2 Å². The van der Waals surface area contributed by atoms with Gasteiger partial charge >= 0.3 is 0 Å². The van der Waals surface area contributed by atoms with Gasteiger partial charge in [-0.3, -0.25) is 9.80 Å². The Morgan fingerprint density at radius 3 is 1.87 bits per heavy atom. The van der Waals surface area contributed by atoms with Crippen LogP contribution in [-0.2, 0) is 35.2 Å². The standard InChI is InChI=1S/C16H23NO2.C15H21NO2.ClH/c1-3-7-17-8-9-19-16-11-13-12(10-14(16)17)5-4-6-15(13)18-2;1-2-6-16-7-8-18-15-10-12-11(9-13(15)16)4-3-5-14(12)17;/h4-6,14,16H,3,7-11H2,1-2H3;3-5,13,15,17H,2,6-10H2,1H3;1H/t14-,16-;13-,15-;/m11./s1. The highest BCUT2D eigenvalue weighted by atomic mass is 35.5. The Bertz CT molecular complexity index is 1050. The Labute approximate surface area is 234 Å². The van der Waals surface area contributed by atoms with Crippen LogP contribution in [0.2, 0.25) is 0 Å². The van der Waals surface area contributed by atoms with Gasteiger partial charge in [-0.1, -0.05) is 38.1 Å². The average Bonchev–Trinajstić information content (AvgIpc) is 2.92. The number of ether oxygens (including phenoxy) is 3. The third-order valence-electron chi connectivity index (χ3n) is 8.61. The molecule has 0 spiro atoms. The van der Waals surface area contributed by atoms with E-state index in [9.17, 15) is 5.11 Å². The summed E-state index contributed by atoms with van der Waals surface area (Å²) >= 11 is 0. The molecule has 4 atom stereocenters. The number of nitrogens with zero attached hydrogens (tertiary/aromatic N) is 2. The van der Waals surface area contributed by atoms with Crippen molar-refractivity contribution in [1.82, 2.24) is 9.80 Å². The first-order chi connectivity index (χ1) is 18.1. The van der Waals surface area contributed by atoms with E-state index in [-0.39, 0.29) is 18.5 Å². The number of halogens is 1. The number of benzene rings is 2. The van der Waals surface area contributed by atoms with Gasteiger partial charge in [-0.05, 0) is 73.2 Å². The molecule has 0 amide bonds. The zero-order valence-electron chi connectivity index (χ0n) is 23.2. The van der Waals surface area contributed by atoms with Crippen LogP contribution in [0.1, 0.15) is 48.9 Å². The molecule has 0 aromatic heterocycles. The van der Waals surface area contributed by atoms with Crippen LogP contribution in [0.25, 0.3) is 0 Å². The zero-order chi connectivity index (χ0) is 25.8. The molecule has 1 N–H and O–H groups in total. The van der Waals surface area contributed by atoms with Gasteiger partial charge in [0.15, 0.2) is 0 Å². The second kappa shape index (κ2) is 13.5. The van der Waals surface area contributed by atoms with Crippen LogP contribution in [0.15, 0.2) is 36.4 Å². The number of methoxy groups -OCH3 is 1. The maximum absolute atomic E-state index is 9.95. The molecule has 2 aromatic carbocycles. The maximum atomic E-state index is 9.95. The second-order valence-corrected chi connectivity index (χ2v) is 10.9. The second-order valence-electron chi connectivity index (χ2n) is 10.9. The number of rotatable bonds is 5. The first-order valence-electron chi connectivity index (χ1n) is 14.3. The molecule has 6 nitrogen and oxygen atoms in total. The monoisotopic (exact) mass is 544 g/mol. The SMILES string of the molecule is CCCN1CCO[C@@H]2Cc3c(O)cccc3C[C@H]21.CCCN1CCO[C@@H]2Cc3c(cccc3OC)C[C@H]21.Cl. The van der Waals surface area contributed by atoms with Gasteiger partial charge in [0.05, 0.1) is 32.5 Å². The van der Waals surface area contributed by atoms with Gasteiger partial charge in [-0.25, -0.2) is 0 Å². The summed E-state index contributed by atoms with van der Waals surface area (Å²) in [5, 5.41) is 9.95. The van der Waals surface area contributed by atoms with Crippen LogP contribution in [0.3, 0.4) is 0 Å². The molecule has 2 aromatic rings. The quantitative estimate of drug-likeness (QED) is 0.590. The molecule has 2 saturated heterocycles. The predicted molar refractivity (Wildman–Crippen MR) is 154 cm³/mol. The average molecular weight is 545 g/mol. The van der Waals surface area contributed by atoms with Crippen molar-refractivity contribution in [2.24, 2.45) is 0 Å². The van der Waals surface area contributed by atoms with Crippen molar-refractivity contribution >= 4 is 12.4 Å². The Hall–Kier alpha value is -1.83. The maximum Gasteiger partial charge on any atom is 0.122 e. The first kappa shape index (κ1) is 29.2. The van der Waals surface area contributed by atoms with Crippen LogP contribution in [0.5, 0.6) is 11.5 Å². The molecule has 2 aliphatic heterocycles. The van der Waals surface area contributed by atoms with Gasteiger partial charge in [0.25, 0.3) is 0 Å². The van der Waals surface area contributed by atoms with Gasteiger partial charge in [0, 0.05) is 38.0 Å². The molecule has 7 heteroatoms. The topological polar surface area (TPSA) is 54.4 Å². The lowest BCUT2D eigenvalue weighted by Gasteiger charge is -2.44. The van der Waals surface area contributed by atoms with Crippen LogP contribution < -0.4 is 4.74 Å². The molecule has 6 rings (SSSR count). The third-order valence-corrected chi connectivity index (χ3v) is 8.61. The molecular formula is C31H45ClN2O4. The van der Waals surface area contributed by atoms with Crippen molar-refractivity contribution in [3.05, 3.63) is 58.7 Å². The van der Waals surface area contributed by atoms with E-state index in [4.69, 9.17) is 14.2 Å². The van der Waals surface area contributed by atoms with Crippen LogP contribution in [0, 0.1) is 0 Å². The Kier molecular flexibility index (Phi) is 10.4. The molecular weight excluding hydrogens is 500 g/mol. The summed E-state index contributed by atoms with van der Waals surface area (Å²) in [6.45, 7) is 10.6. The van der Waals surface area contributed by atoms with Crippen LogP contribution in [0.4, 0.5) is 0 Å². The number of phenols is 1. The fourth-order valence-electron chi connectivity index (χ4n) is 6.83. The van der Waals surface area contributed by atoms with E-state index < -0.39 is 0 Å². The fraction of sp³-hybridized carbons (Fsp3) is 0.613. The molecule has 0 radical (unpaired) electrons. The molecule has 0 bridgehead atoms. The normalized spacial score (nSPS) is 26.4. The minimum atomic E-state index is 0. The molecule has 2 heterocycles. The molecule has 0 unspecified atom stereocenters. The summed E-state index contributed by atoms with van der Waals surface area (Å²) < 4.78 is 17.4. The van der Waals surface area contributed by atoms with E-state index in [1.165, 1.54) is 36.1 Å². The van der Waals surface area contributed by atoms with Gasteiger partial charge in [-0.15, -0.1) is 12.4 Å². The van der Waals surface area contributed by atoms with Crippen LogP contribution in [-0.4, -0.2) is 85.7 Å². The number of hydrogen-bond donors (Lipinski definition) is 1. The minimum absolute atomic E-state index is 0. The first-order valence-corrected chi connectivity index (χ1v) is 14.3. The highest BCUT2D eigenvalue weighted by molar-refractivity contribution is 5.85. The summed E-state index contributed by atoms with van der Waals surface area (Å²) in [6, 6.07) is 13.3. The van der Waals surface area contributed by atoms with Crippen molar-refractivity contribution in [2.75, 3.05) is 46.5 Å². The van der Waals surface area contributed by atoms with Crippen LogP contribution >= 0.6 is 12.4 Å². The molecule has 0 saturated carbocycles. The fourth-order valence-corrected chi connectivity index (χ4v) is 6.83. The number of fused-ring (bicyclic) bond motifs is 4. The van der Waals surface area contributed by atoms with E-state index in [1.807, 2.05) is 6.07 Å². The lowest BCUT2D eigenvalue weighted by atomic mass is 9.84. The molecule has 4 aliphatic rings. The van der Waals surface area contributed by atoms with Gasteiger partial charge in [0.1, 0.15) is 11.5 Å². The Morgan fingerprint density at radius 1 is 0.789 bits per heavy atom. The van der Waals surface area contributed by atoms with Crippen molar-refractivity contribution in [3.8, 4) is 11.5 Å². The molecule has 2 fully saturated rings. The van der Waals surface area contributed by atoms with Gasteiger partial charge in [-0.2, -0.15) is 0 Å². The molecule has 38 heavy (non-hydrogen) atoms. The van der Waals surface area contributed by atoms with Crippen molar-refractivity contribution in [1.29, 1.82) is 0 Å². The Balaban J connectivity index is 0.000000173. The summed E-state index contributed by atoms with van der Waals surface area (Å²) in [6.07, 6.45) is 6.95. The number of aromatic hydroxyl groups is 1. The highest BCUT2D eigenvalue weighted by Gasteiger charge is 2.38. The predicted octanol–water partition coefficient (Wildman–Crippen LogP) is 4.67. The number of hydrogen-bond acceptors (Lipinski definition) is 6. The zero-order valence-corrected chi connectivity index (χ0v) is 24.0. The lowest BCUT2D eigenvalue weighted by molar-refractivity contribution is -0.0741. The van der Waals surface area contributed by atoms with E-state index in [2.05, 4.69) is 47.9 Å². The summed E-state index contributed by atoms with van der Waals surface area (Å²) in [5.41, 5.74) is 5.18. The Morgan fingerprint density at radius 2 is 1.32 bits per heavy atom. The summed E-state index contributed by atoms with van der Waals surface area (Å²) in [4.78, 5) is 5.16.